The second-order valence-electron chi connectivity index (χ2n) is 6.66. The average molecular weight is 350 g/mol. The number of benzene rings is 2. The van der Waals surface area contributed by atoms with Crippen LogP contribution in [-0.4, -0.2) is 23.6 Å². The number of nitrogens with one attached hydrogen (secondary N) is 2. The van der Waals surface area contributed by atoms with Crippen LogP contribution < -0.4 is 10.6 Å². The minimum atomic E-state index is -0.222. The number of hydrogen-bond acceptors (Lipinski definition) is 3. The van der Waals surface area contributed by atoms with Gasteiger partial charge in [-0.05, 0) is 44.0 Å². The number of Topliss-reactive ketones (excluding diaryl/α,β-unsaturated/α-hetero) is 1. The lowest BCUT2D eigenvalue weighted by Gasteiger charge is -2.07. The Labute approximate surface area is 152 Å². The van der Waals surface area contributed by atoms with Gasteiger partial charge in [-0.1, -0.05) is 29.8 Å². The van der Waals surface area contributed by atoms with Crippen molar-refractivity contribution in [2.75, 3.05) is 5.32 Å². The molecule has 1 aliphatic rings. The maximum Gasteiger partial charge on any atom is 0.251 e. The fourth-order valence-corrected chi connectivity index (χ4v) is 2.54. The Morgan fingerprint density at radius 3 is 2.12 bits per heavy atom. The molecule has 2 amide bonds. The second kappa shape index (κ2) is 7.95. The Hall–Kier alpha value is -2.95. The predicted octanol–water partition coefficient (Wildman–Crippen LogP) is 3.49. The zero-order chi connectivity index (χ0) is 18.5. The third-order valence-electron chi connectivity index (χ3n) is 4.30. The first-order valence-corrected chi connectivity index (χ1v) is 8.82. The third kappa shape index (κ3) is 5.02. The van der Waals surface area contributed by atoms with Crippen LogP contribution in [0.3, 0.4) is 0 Å². The molecule has 0 heterocycles. The topological polar surface area (TPSA) is 75.3 Å². The first kappa shape index (κ1) is 17.9. The molecule has 1 aliphatic carbocycles. The van der Waals surface area contributed by atoms with Gasteiger partial charge >= 0.3 is 0 Å². The summed E-state index contributed by atoms with van der Waals surface area (Å²) in [5.74, 6) is -0.359. The maximum absolute atomic E-state index is 12.1. The largest absolute Gasteiger partial charge is 0.349 e. The number of aryl methyl sites for hydroxylation is 1. The molecule has 0 aromatic heterocycles. The Morgan fingerprint density at radius 2 is 1.50 bits per heavy atom. The van der Waals surface area contributed by atoms with Gasteiger partial charge in [-0.25, -0.2) is 0 Å². The first-order chi connectivity index (χ1) is 12.5. The summed E-state index contributed by atoms with van der Waals surface area (Å²) in [6.07, 6.45) is 2.37. The van der Waals surface area contributed by atoms with Crippen molar-refractivity contribution in [2.45, 2.75) is 38.6 Å². The van der Waals surface area contributed by atoms with Crippen molar-refractivity contribution in [3.63, 3.8) is 0 Å². The normalized spacial score (nSPS) is 13.1. The van der Waals surface area contributed by atoms with Gasteiger partial charge in [0.15, 0.2) is 5.78 Å². The van der Waals surface area contributed by atoms with Crippen molar-refractivity contribution in [1.29, 1.82) is 0 Å². The van der Waals surface area contributed by atoms with Gasteiger partial charge in [-0.15, -0.1) is 0 Å². The Kier molecular flexibility index (Phi) is 5.46. The van der Waals surface area contributed by atoms with Crippen LogP contribution in [0.4, 0.5) is 5.69 Å². The molecule has 2 N–H and O–H groups in total. The fourth-order valence-electron chi connectivity index (χ4n) is 2.54. The van der Waals surface area contributed by atoms with Gasteiger partial charge in [-0.3, -0.25) is 14.4 Å². The number of rotatable bonds is 7. The quantitative estimate of drug-likeness (QED) is 0.751. The predicted molar refractivity (Wildman–Crippen MR) is 100 cm³/mol. The van der Waals surface area contributed by atoms with E-state index in [1.54, 1.807) is 36.4 Å². The van der Waals surface area contributed by atoms with E-state index >= 15 is 0 Å². The fraction of sp³-hybridized carbons (Fsp3) is 0.286. The molecule has 134 valence electrons. The summed E-state index contributed by atoms with van der Waals surface area (Å²) in [5.41, 5.74) is 2.90. The molecule has 5 heteroatoms. The smallest absolute Gasteiger partial charge is 0.251 e. The van der Waals surface area contributed by atoms with Gasteiger partial charge in [-0.2, -0.15) is 0 Å². The molecular weight excluding hydrogens is 328 g/mol. The van der Waals surface area contributed by atoms with Crippen LogP contribution in [-0.2, 0) is 4.79 Å². The highest BCUT2D eigenvalue weighted by Gasteiger charge is 2.23. The highest BCUT2D eigenvalue weighted by Crippen LogP contribution is 2.19. The Morgan fingerprint density at radius 1 is 0.885 bits per heavy atom. The van der Waals surface area contributed by atoms with Gasteiger partial charge in [0.05, 0.1) is 0 Å². The van der Waals surface area contributed by atoms with E-state index in [-0.39, 0.29) is 30.4 Å². The van der Waals surface area contributed by atoms with Gasteiger partial charge in [0.1, 0.15) is 0 Å². The van der Waals surface area contributed by atoms with E-state index in [0.29, 0.717) is 22.9 Å². The van der Waals surface area contributed by atoms with E-state index in [9.17, 15) is 14.4 Å². The molecule has 1 saturated carbocycles. The van der Waals surface area contributed by atoms with Crippen molar-refractivity contribution >= 4 is 23.3 Å². The standard InChI is InChI=1S/C21H22N2O3/c1-14-2-4-15(5-3-14)19(24)12-13-20(25)22-17-8-6-16(7-9-17)21(26)23-18-10-11-18/h2-9,18H,10-13H2,1H3,(H,22,25)(H,23,26). The summed E-state index contributed by atoms with van der Waals surface area (Å²) >= 11 is 0. The second-order valence-corrected chi connectivity index (χ2v) is 6.66. The molecule has 26 heavy (non-hydrogen) atoms. The van der Waals surface area contributed by atoms with Crippen LogP contribution in [0.2, 0.25) is 0 Å². The average Bonchev–Trinajstić information content (AvgIpc) is 3.45. The van der Waals surface area contributed by atoms with E-state index in [0.717, 1.165) is 18.4 Å². The molecule has 1 fully saturated rings. The maximum atomic E-state index is 12.1. The molecule has 0 aliphatic heterocycles. The molecule has 0 spiro atoms. The highest BCUT2D eigenvalue weighted by molar-refractivity contribution is 6.00. The van der Waals surface area contributed by atoms with Crippen molar-refractivity contribution in [3.05, 3.63) is 65.2 Å². The monoisotopic (exact) mass is 350 g/mol. The molecule has 0 saturated heterocycles. The van der Waals surface area contributed by atoms with Crippen molar-refractivity contribution < 1.29 is 14.4 Å². The van der Waals surface area contributed by atoms with E-state index in [4.69, 9.17) is 0 Å². The summed E-state index contributed by atoms with van der Waals surface area (Å²) in [5, 5.41) is 5.67. The molecule has 0 bridgehead atoms. The minimum absolute atomic E-state index is 0.0488. The zero-order valence-corrected chi connectivity index (χ0v) is 14.7. The van der Waals surface area contributed by atoms with Crippen LogP contribution >= 0.6 is 0 Å². The van der Waals surface area contributed by atoms with E-state index in [1.807, 2.05) is 19.1 Å². The Bertz CT molecular complexity index is 806. The number of anilines is 1. The van der Waals surface area contributed by atoms with E-state index in [1.165, 1.54) is 0 Å². The minimum Gasteiger partial charge on any atom is -0.349 e. The van der Waals surface area contributed by atoms with Crippen LogP contribution in [0.5, 0.6) is 0 Å². The van der Waals surface area contributed by atoms with Gasteiger partial charge < -0.3 is 10.6 Å². The molecule has 2 aromatic rings. The molecular formula is C21H22N2O3. The van der Waals surface area contributed by atoms with Crippen molar-refractivity contribution in [3.8, 4) is 0 Å². The van der Waals surface area contributed by atoms with E-state index in [2.05, 4.69) is 10.6 Å². The first-order valence-electron chi connectivity index (χ1n) is 8.82. The summed E-state index contributed by atoms with van der Waals surface area (Å²) in [6, 6.07) is 14.4. The summed E-state index contributed by atoms with van der Waals surface area (Å²) in [7, 11) is 0. The van der Waals surface area contributed by atoms with Crippen molar-refractivity contribution in [2.24, 2.45) is 0 Å². The van der Waals surface area contributed by atoms with Gasteiger partial charge in [0, 0.05) is 35.7 Å². The van der Waals surface area contributed by atoms with E-state index < -0.39 is 0 Å². The molecule has 0 radical (unpaired) electrons. The molecule has 3 rings (SSSR count). The van der Waals surface area contributed by atoms with Gasteiger partial charge in [0.2, 0.25) is 5.91 Å². The van der Waals surface area contributed by atoms with Crippen LogP contribution in [0.1, 0.15) is 52.0 Å². The Balaban J connectivity index is 1.47. The lowest BCUT2D eigenvalue weighted by Crippen LogP contribution is -2.25. The zero-order valence-electron chi connectivity index (χ0n) is 14.7. The summed E-state index contributed by atoms with van der Waals surface area (Å²) in [6.45, 7) is 1.96. The molecule has 0 unspecified atom stereocenters. The number of ketones is 1. The van der Waals surface area contributed by atoms with Crippen LogP contribution in [0.25, 0.3) is 0 Å². The lowest BCUT2D eigenvalue weighted by molar-refractivity contribution is -0.116. The lowest BCUT2D eigenvalue weighted by atomic mass is 10.0. The summed E-state index contributed by atoms with van der Waals surface area (Å²) in [4.78, 5) is 36.1. The number of carbonyl (C=O) groups excluding carboxylic acids is 3. The van der Waals surface area contributed by atoms with Crippen molar-refractivity contribution in [1.82, 2.24) is 5.32 Å². The number of carbonyl (C=O) groups is 3. The number of hydrogen-bond donors (Lipinski definition) is 2. The van der Waals surface area contributed by atoms with Gasteiger partial charge in [0.25, 0.3) is 5.91 Å². The SMILES string of the molecule is Cc1ccc(C(=O)CCC(=O)Nc2ccc(C(=O)NC3CC3)cc2)cc1. The molecule has 5 nitrogen and oxygen atoms in total. The molecule has 0 atom stereocenters. The van der Waals surface area contributed by atoms with Crippen LogP contribution in [0.15, 0.2) is 48.5 Å². The summed E-state index contributed by atoms with van der Waals surface area (Å²) < 4.78 is 0. The number of amides is 2. The molecule has 2 aromatic carbocycles. The third-order valence-corrected chi connectivity index (χ3v) is 4.30. The highest BCUT2D eigenvalue weighted by atomic mass is 16.2. The van der Waals surface area contributed by atoms with Crippen LogP contribution in [0, 0.1) is 6.92 Å².